The zero-order valence-corrected chi connectivity index (χ0v) is 29.6. The number of rotatable bonds is 12. The minimum atomic E-state index is -0.511. The Labute approximate surface area is 282 Å². The molecular weight excluding hydrogens is 722 g/mol. The van der Waals surface area contributed by atoms with E-state index in [4.69, 9.17) is 0 Å². The largest absolute Gasteiger partial charge is 0.294 e. The first-order chi connectivity index (χ1) is 21.2. The molecule has 2 aliphatic rings. The van der Waals surface area contributed by atoms with Crippen LogP contribution in [0.4, 0.5) is 0 Å². The number of carbonyl (C=O) groups excluding carboxylic acids is 4. The van der Waals surface area contributed by atoms with Crippen LogP contribution in [0.25, 0.3) is 31.7 Å². The monoisotopic (exact) mass is 753 g/mol. The number of carbonyl (C=O) groups is 4. The molecule has 1 aliphatic carbocycles. The summed E-state index contributed by atoms with van der Waals surface area (Å²) in [6, 6.07) is 7.72. The van der Waals surface area contributed by atoms with E-state index in [9.17, 15) is 19.2 Å². The number of Topliss-reactive ketones (excluding diaryl/α,β-unsaturated/α-hetero) is 2. The molecule has 4 aromatic rings. The van der Waals surface area contributed by atoms with E-state index >= 15 is 0 Å². The van der Waals surface area contributed by atoms with E-state index in [1.165, 1.54) is 59.5 Å². The Morgan fingerprint density at radius 3 is 1.70 bits per heavy atom. The summed E-state index contributed by atoms with van der Waals surface area (Å²) in [5, 5.41) is 3.40. The number of amides is 2. The summed E-state index contributed by atoms with van der Waals surface area (Å²) in [5.74, 6) is -1.57. The molecule has 1 N–H and O–H groups in total. The summed E-state index contributed by atoms with van der Waals surface area (Å²) in [7, 11) is 0. The van der Waals surface area contributed by atoms with Crippen LogP contribution in [0.15, 0.2) is 31.8 Å². The van der Waals surface area contributed by atoms with Gasteiger partial charge < -0.3 is 0 Å². The predicted octanol–water partition coefficient (Wildman–Crippen LogP) is 10.7. The Bertz CT molecular complexity index is 1720. The second kappa shape index (κ2) is 13.1. The SMILES string of the molecule is CCCCCCc1cc(-c2cc3c4c(c(-c5cc(CCCCCC)c(Br)s5)cc5c4c2C(=O)CC5=O)C(=O)NC3=O)sc1Br. The summed E-state index contributed by atoms with van der Waals surface area (Å²) >= 11 is 10.5. The fourth-order valence-corrected chi connectivity index (χ4v) is 10.0. The van der Waals surface area contributed by atoms with Gasteiger partial charge in [-0.05, 0) is 92.9 Å². The van der Waals surface area contributed by atoms with Gasteiger partial charge in [-0.25, -0.2) is 0 Å². The van der Waals surface area contributed by atoms with Crippen molar-refractivity contribution in [3.63, 3.8) is 0 Å². The van der Waals surface area contributed by atoms with Gasteiger partial charge in [0.15, 0.2) is 11.6 Å². The van der Waals surface area contributed by atoms with Crippen molar-refractivity contribution >= 4 is 88.7 Å². The van der Waals surface area contributed by atoms with Crippen molar-refractivity contribution in [3.05, 3.63) is 65.2 Å². The second-order valence-corrected chi connectivity index (χ2v) is 16.4. The lowest BCUT2D eigenvalue weighted by atomic mass is 9.77. The fourth-order valence-electron chi connectivity index (χ4n) is 6.41. The van der Waals surface area contributed by atoms with Crippen molar-refractivity contribution in [2.45, 2.75) is 84.5 Å². The third-order valence-electron chi connectivity index (χ3n) is 8.65. The Balaban J connectivity index is 1.54. The number of nitrogens with one attached hydrogen (secondary N) is 1. The van der Waals surface area contributed by atoms with Crippen molar-refractivity contribution < 1.29 is 19.2 Å². The highest BCUT2D eigenvalue weighted by molar-refractivity contribution is 9.11. The standard InChI is InChI=1S/C35H33Br2NO4S2/c1-3-5-7-9-11-18-13-26(43-32(18)36)21-16-23-30-29-20(24(39)17-25(40)28(21)29)15-22(31(30)35(42)38-34(23)41)27-14-19(33(37)44-27)12-10-8-6-4-2/h13-16H,3-12,17H2,1-2H3,(H,38,41,42). The molecule has 0 saturated carbocycles. The number of unbranched alkanes of at least 4 members (excludes halogenated alkanes) is 6. The number of ketones is 2. The molecule has 9 heteroatoms. The summed E-state index contributed by atoms with van der Waals surface area (Å²) in [6.45, 7) is 4.38. The van der Waals surface area contributed by atoms with Crippen LogP contribution in [-0.4, -0.2) is 23.4 Å². The van der Waals surface area contributed by atoms with Crippen molar-refractivity contribution in [1.29, 1.82) is 0 Å². The maximum absolute atomic E-state index is 13.6. The van der Waals surface area contributed by atoms with Gasteiger partial charge in [-0.15, -0.1) is 22.7 Å². The van der Waals surface area contributed by atoms with E-state index in [0.29, 0.717) is 44.2 Å². The first kappa shape index (κ1) is 31.5. The van der Waals surface area contributed by atoms with Crippen LogP contribution in [0.5, 0.6) is 0 Å². The molecule has 5 nitrogen and oxygen atoms in total. The molecule has 0 saturated heterocycles. The lowest BCUT2D eigenvalue weighted by Gasteiger charge is -2.26. The van der Waals surface area contributed by atoms with Gasteiger partial charge in [0.05, 0.1) is 19.6 Å². The molecular formula is C35H33Br2NO4S2. The maximum atomic E-state index is 13.6. The van der Waals surface area contributed by atoms with Gasteiger partial charge in [0.2, 0.25) is 0 Å². The Hall–Kier alpha value is -2.46. The molecule has 2 aromatic heterocycles. The highest BCUT2D eigenvalue weighted by Crippen LogP contribution is 2.48. The number of hydrogen-bond donors (Lipinski definition) is 1. The van der Waals surface area contributed by atoms with Crippen LogP contribution in [0.1, 0.15) is 124 Å². The Kier molecular flexibility index (Phi) is 9.39. The number of hydrogen-bond acceptors (Lipinski definition) is 6. The predicted molar refractivity (Wildman–Crippen MR) is 187 cm³/mol. The number of thiophene rings is 2. The van der Waals surface area contributed by atoms with Crippen LogP contribution in [0, 0.1) is 0 Å². The molecule has 0 atom stereocenters. The Morgan fingerprint density at radius 1 is 0.614 bits per heavy atom. The van der Waals surface area contributed by atoms with Gasteiger partial charge in [-0.2, -0.15) is 0 Å². The molecule has 44 heavy (non-hydrogen) atoms. The number of benzene rings is 2. The summed E-state index contributed by atoms with van der Waals surface area (Å²) in [6.07, 6.45) is 10.8. The van der Waals surface area contributed by atoms with E-state index < -0.39 is 11.8 Å². The number of aryl methyl sites for hydroxylation is 2. The van der Waals surface area contributed by atoms with Gasteiger partial charge in [0.1, 0.15) is 0 Å². The lowest BCUT2D eigenvalue weighted by molar-refractivity contribution is 0.0837. The molecule has 6 rings (SSSR count). The van der Waals surface area contributed by atoms with Crippen LogP contribution in [0.3, 0.4) is 0 Å². The number of halogens is 2. The average Bonchev–Trinajstić information content (AvgIpc) is 3.55. The van der Waals surface area contributed by atoms with Gasteiger partial charge in [-0.3, -0.25) is 24.5 Å². The summed E-state index contributed by atoms with van der Waals surface area (Å²) in [5.41, 5.74) is 5.12. The minimum absolute atomic E-state index is 0.236. The zero-order chi connectivity index (χ0) is 31.1. The van der Waals surface area contributed by atoms with E-state index in [2.05, 4.69) is 63.2 Å². The first-order valence-corrected chi connectivity index (χ1v) is 18.6. The number of imide groups is 1. The fraction of sp³-hybridized carbons (Fsp3) is 0.371. The molecule has 0 radical (unpaired) electrons. The lowest BCUT2D eigenvalue weighted by Crippen LogP contribution is -2.36. The molecule has 228 valence electrons. The van der Waals surface area contributed by atoms with Crippen LogP contribution >= 0.6 is 54.5 Å². The van der Waals surface area contributed by atoms with E-state index in [1.54, 1.807) is 12.1 Å². The molecule has 0 bridgehead atoms. The maximum Gasteiger partial charge on any atom is 0.259 e. The zero-order valence-electron chi connectivity index (χ0n) is 24.8. The molecule has 2 aromatic carbocycles. The minimum Gasteiger partial charge on any atom is -0.294 e. The Morgan fingerprint density at radius 2 is 1.14 bits per heavy atom. The second-order valence-electron chi connectivity index (χ2n) is 11.7. The van der Waals surface area contributed by atoms with Crippen molar-refractivity contribution in [2.75, 3.05) is 0 Å². The van der Waals surface area contributed by atoms with Crippen LogP contribution in [0.2, 0.25) is 0 Å². The van der Waals surface area contributed by atoms with Crippen molar-refractivity contribution in [1.82, 2.24) is 5.32 Å². The van der Waals surface area contributed by atoms with Crippen LogP contribution < -0.4 is 5.32 Å². The molecule has 0 fully saturated rings. The third-order valence-corrected chi connectivity index (χ3v) is 12.6. The molecule has 0 spiro atoms. The molecule has 0 unspecified atom stereocenters. The summed E-state index contributed by atoms with van der Waals surface area (Å²) in [4.78, 5) is 55.8. The topological polar surface area (TPSA) is 80.3 Å². The quantitative estimate of drug-likeness (QED) is 0.0887. The normalized spacial score (nSPS) is 14.2. The third kappa shape index (κ3) is 5.70. The first-order valence-electron chi connectivity index (χ1n) is 15.4. The van der Waals surface area contributed by atoms with Crippen molar-refractivity contribution in [2.24, 2.45) is 0 Å². The highest BCUT2D eigenvalue weighted by Gasteiger charge is 2.38. The highest BCUT2D eigenvalue weighted by atomic mass is 79.9. The average molecular weight is 756 g/mol. The molecule has 2 amide bonds. The van der Waals surface area contributed by atoms with Crippen molar-refractivity contribution in [3.8, 4) is 20.9 Å². The van der Waals surface area contributed by atoms with Gasteiger partial charge in [0, 0.05) is 48.3 Å². The summed E-state index contributed by atoms with van der Waals surface area (Å²) < 4.78 is 2.01. The molecule has 3 heterocycles. The van der Waals surface area contributed by atoms with E-state index in [0.717, 1.165) is 55.9 Å². The van der Waals surface area contributed by atoms with Gasteiger partial charge in [-0.1, -0.05) is 52.4 Å². The van der Waals surface area contributed by atoms with Gasteiger partial charge >= 0.3 is 0 Å². The van der Waals surface area contributed by atoms with E-state index in [1.807, 2.05) is 0 Å². The van der Waals surface area contributed by atoms with E-state index in [-0.39, 0.29) is 18.0 Å². The smallest absolute Gasteiger partial charge is 0.259 e. The van der Waals surface area contributed by atoms with Gasteiger partial charge in [0.25, 0.3) is 11.8 Å². The molecule has 1 aliphatic heterocycles. The van der Waals surface area contributed by atoms with Crippen LogP contribution in [-0.2, 0) is 12.8 Å².